The quantitative estimate of drug-likeness (QED) is 0.367. The Bertz CT molecular complexity index is 1200. The zero-order valence-electron chi connectivity index (χ0n) is 20.6. The largest absolute Gasteiger partial charge is 0.416 e. The highest BCUT2D eigenvalue weighted by Gasteiger charge is 2.44. The molecule has 2 aliphatic heterocycles. The van der Waals surface area contributed by atoms with E-state index in [-0.39, 0.29) is 41.3 Å². The Morgan fingerprint density at radius 3 is 2.71 bits per heavy atom. The van der Waals surface area contributed by atoms with E-state index in [1.54, 1.807) is 4.90 Å². The van der Waals surface area contributed by atoms with Gasteiger partial charge < -0.3 is 26.1 Å². The molecule has 38 heavy (non-hydrogen) atoms. The fourth-order valence-corrected chi connectivity index (χ4v) is 5.56. The first kappa shape index (κ1) is 27.8. The standard InChI is InChI=1S/C24H28ClF4N7O2/c1-31-22(38)17-3-6-35(21-19(26)20(30)32-13-33-21)10-18(17)36-5-2-4-23(11-36,12-37)34-16-8-14(24(27,28)29)7-15(25)9-16/h7-9,12-13,17-18,34H,2-6,10-11H2,1H3,(H,31,38)(H2,30,32,33)/t17-,18-,23+/m1/s1. The van der Waals surface area contributed by atoms with Crippen molar-refractivity contribution in [2.75, 3.05) is 49.2 Å². The molecule has 3 heterocycles. The molecule has 1 amide bonds. The van der Waals surface area contributed by atoms with Crippen molar-refractivity contribution in [2.45, 2.75) is 37.0 Å². The van der Waals surface area contributed by atoms with Crippen LogP contribution in [0.15, 0.2) is 24.5 Å². The van der Waals surface area contributed by atoms with E-state index in [0.29, 0.717) is 38.6 Å². The highest BCUT2D eigenvalue weighted by molar-refractivity contribution is 6.31. The summed E-state index contributed by atoms with van der Waals surface area (Å²) in [5, 5.41) is 5.53. The summed E-state index contributed by atoms with van der Waals surface area (Å²) in [5.74, 6) is -1.69. The van der Waals surface area contributed by atoms with E-state index in [4.69, 9.17) is 17.3 Å². The molecule has 14 heteroatoms. The average molecular weight is 558 g/mol. The molecule has 0 saturated carbocycles. The van der Waals surface area contributed by atoms with Crippen molar-refractivity contribution >= 4 is 41.1 Å². The van der Waals surface area contributed by atoms with Gasteiger partial charge in [-0.1, -0.05) is 11.6 Å². The van der Waals surface area contributed by atoms with Gasteiger partial charge in [0, 0.05) is 43.4 Å². The fourth-order valence-electron chi connectivity index (χ4n) is 5.32. The predicted octanol–water partition coefficient (Wildman–Crippen LogP) is 2.96. The summed E-state index contributed by atoms with van der Waals surface area (Å²) in [5.41, 5.74) is 3.52. The average Bonchev–Trinajstić information content (AvgIpc) is 2.89. The molecule has 0 bridgehead atoms. The molecule has 206 valence electrons. The number of rotatable bonds is 6. The highest BCUT2D eigenvalue weighted by Crippen LogP contribution is 2.36. The Balaban J connectivity index is 1.62. The number of benzene rings is 1. The lowest BCUT2D eigenvalue weighted by Crippen LogP contribution is -2.63. The van der Waals surface area contributed by atoms with Crippen molar-refractivity contribution in [3.63, 3.8) is 0 Å². The molecule has 2 aliphatic rings. The summed E-state index contributed by atoms with van der Waals surface area (Å²) in [7, 11) is 1.53. The van der Waals surface area contributed by atoms with E-state index in [0.717, 1.165) is 18.5 Å². The Labute approximate surface area is 221 Å². The fraction of sp³-hybridized carbons (Fsp3) is 0.500. The zero-order valence-corrected chi connectivity index (χ0v) is 21.3. The van der Waals surface area contributed by atoms with Crippen LogP contribution < -0.4 is 21.3 Å². The van der Waals surface area contributed by atoms with Crippen molar-refractivity contribution in [3.8, 4) is 0 Å². The number of anilines is 3. The molecule has 0 spiro atoms. The molecule has 0 unspecified atom stereocenters. The molecular formula is C24H28ClF4N7O2. The van der Waals surface area contributed by atoms with Crippen molar-refractivity contribution in [1.82, 2.24) is 20.2 Å². The lowest BCUT2D eigenvalue weighted by molar-refractivity contribution is -0.137. The molecule has 4 N–H and O–H groups in total. The first-order chi connectivity index (χ1) is 18.0. The predicted molar refractivity (Wildman–Crippen MR) is 134 cm³/mol. The van der Waals surface area contributed by atoms with Crippen LogP contribution in [0.1, 0.15) is 24.8 Å². The molecule has 1 aromatic heterocycles. The zero-order chi connectivity index (χ0) is 27.7. The Kier molecular flexibility index (Phi) is 7.98. The second-order valence-corrected chi connectivity index (χ2v) is 10.1. The topological polar surface area (TPSA) is 116 Å². The van der Waals surface area contributed by atoms with Gasteiger partial charge in [0.25, 0.3) is 0 Å². The van der Waals surface area contributed by atoms with Crippen molar-refractivity contribution < 1.29 is 27.2 Å². The van der Waals surface area contributed by atoms with Crippen LogP contribution in [0.5, 0.6) is 0 Å². The van der Waals surface area contributed by atoms with Gasteiger partial charge in [-0.05, 0) is 44.0 Å². The number of nitrogens with zero attached hydrogens (tertiary/aromatic N) is 4. The molecular weight excluding hydrogens is 530 g/mol. The summed E-state index contributed by atoms with van der Waals surface area (Å²) in [6, 6.07) is 2.62. The minimum Gasteiger partial charge on any atom is -0.381 e. The molecule has 0 radical (unpaired) electrons. The van der Waals surface area contributed by atoms with E-state index in [2.05, 4.69) is 20.6 Å². The normalized spacial score (nSPS) is 24.6. The van der Waals surface area contributed by atoms with Crippen LogP contribution in [0.2, 0.25) is 5.02 Å². The minimum absolute atomic E-state index is 0.0215. The maximum Gasteiger partial charge on any atom is 0.416 e. The smallest absolute Gasteiger partial charge is 0.381 e. The number of halogens is 5. The number of nitrogen functional groups attached to an aromatic ring is 1. The summed E-state index contributed by atoms with van der Waals surface area (Å²) >= 11 is 5.94. The van der Waals surface area contributed by atoms with E-state index >= 15 is 0 Å². The van der Waals surface area contributed by atoms with Crippen LogP contribution >= 0.6 is 11.6 Å². The van der Waals surface area contributed by atoms with Crippen molar-refractivity contribution in [3.05, 3.63) is 40.9 Å². The molecule has 2 fully saturated rings. The molecule has 4 rings (SSSR count). The van der Waals surface area contributed by atoms with Crippen LogP contribution in [-0.4, -0.2) is 71.9 Å². The number of alkyl halides is 3. The third kappa shape index (κ3) is 5.78. The molecule has 2 saturated heterocycles. The third-order valence-electron chi connectivity index (χ3n) is 7.13. The van der Waals surface area contributed by atoms with Crippen LogP contribution in [-0.2, 0) is 15.8 Å². The number of aldehydes is 1. The van der Waals surface area contributed by atoms with Gasteiger partial charge in [0.05, 0.1) is 11.5 Å². The number of amides is 1. The number of nitrogens with two attached hydrogens (primary N) is 1. The maximum atomic E-state index is 14.7. The SMILES string of the molecule is CNC(=O)[C@@H]1CCN(c2ncnc(N)c2F)C[C@H]1N1CCC[C@](C=O)(Nc2cc(Cl)cc(C(F)(F)F)c2)C1. The molecule has 0 aliphatic carbocycles. The van der Waals surface area contributed by atoms with Gasteiger partial charge in [0.2, 0.25) is 11.7 Å². The van der Waals surface area contributed by atoms with Gasteiger partial charge in [0.1, 0.15) is 18.2 Å². The van der Waals surface area contributed by atoms with Crippen molar-refractivity contribution in [1.29, 1.82) is 0 Å². The number of carbonyl (C=O) groups is 2. The summed E-state index contributed by atoms with van der Waals surface area (Å²) in [4.78, 5) is 36.5. The van der Waals surface area contributed by atoms with Gasteiger partial charge >= 0.3 is 6.18 Å². The lowest BCUT2D eigenvalue weighted by Gasteiger charge is -2.49. The second kappa shape index (κ2) is 10.9. The van der Waals surface area contributed by atoms with Crippen LogP contribution in [0.4, 0.5) is 34.9 Å². The monoisotopic (exact) mass is 557 g/mol. The number of hydrogen-bond acceptors (Lipinski definition) is 8. The van der Waals surface area contributed by atoms with Gasteiger partial charge in [-0.2, -0.15) is 17.6 Å². The highest BCUT2D eigenvalue weighted by atomic mass is 35.5. The number of aromatic nitrogens is 2. The van der Waals surface area contributed by atoms with E-state index in [9.17, 15) is 27.2 Å². The Hall–Kier alpha value is -3.19. The van der Waals surface area contributed by atoms with Crippen LogP contribution in [0, 0.1) is 11.7 Å². The molecule has 2 aromatic rings. The van der Waals surface area contributed by atoms with Gasteiger partial charge in [-0.25, -0.2) is 9.97 Å². The maximum absolute atomic E-state index is 14.7. The number of likely N-dealkylation sites (tertiary alicyclic amines) is 1. The number of piperidine rings is 2. The van der Waals surface area contributed by atoms with Crippen LogP contribution in [0.3, 0.4) is 0 Å². The number of nitrogens with one attached hydrogen (secondary N) is 2. The molecule has 9 nitrogen and oxygen atoms in total. The molecule has 1 aromatic carbocycles. The second-order valence-electron chi connectivity index (χ2n) is 9.62. The third-order valence-corrected chi connectivity index (χ3v) is 7.35. The Morgan fingerprint density at radius 2 is 2.03 bits per heavy atom. The first-order valence-corrected chi connectivity index (χ1v) is 12.4. The minimum atomic E-state index is -4.61. The number of carbonyl (C=O) groups excluding carboxylic acids is 2. The van der Waals surface area contributed by atoms with E-state index in [1.807, 2.05) is 4.90 Å². The van der Waals surface area contributed by atoms with Crippen LogP contribution in [0.25, 0.3) is 0 Å². The lowest BCUT2D eigenvalue weighted by atomic mass is 9.84. The summed E-state index contributed by atoms with van der Waals surface area (Å²) in [6.45, 7) is 1.21. The number of hydrogen-bond donors (Lipinski definition) is 3. The summed E-state index contributed by atoms with van der Waals surface area (Å²) in [6.07, 6.45) is -1.48. The van der Waals surface area contributed by atoms with E-state index in [1.165, 1.54) is 13.1 Å². The Morgan fingerprint density at radius 1 is 1.26 bits per heavy atom. The van der Waals surface area contributed by atoms with Crippen molar-refractivity contribution in [2.24, 2.45) is 5.92 Å². The van der Waals surface area contributed by atoms with E-state index < -0.39 is 35.1 Å². The van der Waals surface area contributed by atoms with Gasteiger partial charge in [0.15, 0.2) is 11.6 Å². The summed E-state index contributed by atoms with van der Waals surface area (Å²) < 4.78 is 54.7. The molecule has 3 atom stereocenters. The first-order valence-electron chi connectivity index (χ1n) is 12.1. The van der Waals surface area contributed by atoms with Gasteiger partial charge in [-0.3, -0.25) is 9.69 Å². The van der Waals surface area contributed by atoms with Gasteiger partial charge in [-0.15, -0.1) is 0 Å².